The lowest BCUT2D eigenvalue weighted by Gasteiger charge is -2.31. The highest BCUT2D eigenvalue weighted by Gasteiger charge is 2.36. The molecule has 0 bridgehead atoms. The predicted octanol–water partition coefficient (Wildman–Crippen LogP) is 2.95. The minimum Gasteiger partial charge on any atom is -0.481 e. The van der Waals surface area contributed by atoms with Crippen molar-refractivity contribution in [2.45, 2.75) is 32.0 Å². The van der Waals surface area contributed by atoms with Gasteiger partial charge in [0.15, 0.2) is 15.9 Å². The summed E-state index contributed by atoms with van der Waals surface area (Å²) in [6.07, 6.45) is -0.548. The monoisotopic (exact) mass is 409 g/mol. The summed E-state index contributed by atoms with van der Waals surface area (Å²) in [6.45, 7) is 1.71. The van der Waals surface area contributed by atoms with Gasteiger partial charge >= 0.3 is 0 Å². The highest BCUT2D eigenvalue weighted by atomic mass is 32.2. The predicted molar refractivity (Wildman–Crippen MR) is 100 cm³/mol. The van der Waals surface area contributed by atoms with Crippen LogP contribution in [0.2, 0.25) is 0 Å². The third-order valence-corrected chi connectivity index (χ3v) is 6.42. The summed E-state index contributed by atoms with van der Waals surface area (Å²) in [5.74, 6) is -0.932. The molecule has 2 unspecified atom stereocenters. The van der Waals surface area contributed by atoms with Gasteiger partial charge in [0, 0.05) is 12.6 Å². The summed E-state index contributed by atoms with van der Waals surface area (Å²) in [5, 5.41) is 0. The summed E-state index contributed by atoms with van der Waals surface area (Å²) in [6, 6.07) is 10.5. The van der Waals surface area contributed by atoms with E-state index in [2.05, 4.69) is 0 Å². The van der Waals surface area contributed by atoms with Crippen molar-refractivity contribution in [1.82, 2.24) is 4.90 Å². The molecular formula is C20H21F2NO4S. The number of amides is 1. The van der Waals surface area contributed by atoms with Crippen LogP contribution in [0.15, 0.2) is 48.5 Å². The molecule has 1 saturated heterocycles. The number of hydrogen-bond donors (Lipinski definition) is 0. The van der Waals surface area contributed by atoms with Crippen molar-refractivity contribution in [1.29, 1.82) is 0 Å². The summed E-state index contributed by atoms with van der Waals surface area (Å²) in [5.41, 5.74) is 0.688. The second-order valence-electron chi connectivity index (χ2n) is 6.86. The van der Waals surface area contributed by atoms with E-state index >= 15 is 0 Å². The summed E-state index contributed by atoms with van der Waals surface area (Å²) in [4.78, 5) is 14.5. The maximum absolute atomic E-state index is 13.2. The molecule has 1 heterocycles. The quantitative estimate of drug-likeness (QED) is 0.736. The molecule has 1 fully saturated rings. The molecular weight excluding hydrogens is 388 g/mol. The fraction of sp³-hybridized carbons (Fsp3) is 0.350. The summed E-state index contributed by atoms with van der Waals surface area (Å²) in [7, 11) is -3.20. The lowest BCUT2D eigenvalue weighted by molar-refractivity contribution is -0.140. The van der Waals surface area contributed by atoms with Crippen LogP contribution in [0.25, 0.3) is 0 Å². The maximum atomic E-state index is 13.2. The Bertz CT molecular complexity index is 930. The third-order valence-electron chi connectivity index (χ3n) is 4.67. The highest BCUT2D eigenvalue weighted by molar-refractivity contribution is 7.91. The Hall–Kier alpha value is -2.48. The zero-order valence-electron chi connectivity index (χ0n) is 15.3. The number of carbonyl (C=O) groups excluding carboxylic acids is 1. The molecule has 8 heteroatoms. The third kappa shape index (κ3) is 5.07. The van der Waals surface area contributed by atoms with E-state index in [0.717, 1.165) is 0 Å². The van der Waals surface area contributed by atoms with Crippen molar-refractivity contribution in [3.8, 4) is 5.75 Å². The lowest BCUT2D eigenvalue weighted by atomic mass is 10.1. The van der Waals surface area contributed by atoms with Crippen LogP contribution in [-0.4, -0.2) is 42.9 Å². The number of benzene rings is 2. The zero-order chi connectivity index (χ0) is 20.3. The molecule has 28 heavy (non-hydrogen) atoms. The van der Waals surface area contributed by atoms with Crippen LogP contribution in [0.3, 0.4) is 0 Å². The number of hydrogen-bond acceptors (Lipinski definition) is 4. The SMILES string of the molecule is CC(Oc1ccc(F)cc1)C(=O)N(Cc1ccc(F)cc1)C1CCS(=O)(=O)C1. The molecule has 0 saturated carbocycles. The van der Waals surface area contributed by atoms with Crippen LogP contribution < -0.4 is 4.74 Å². The van der Waals surface area contributed by atoms with E-state index < -0.39 is 33.6 Å². The summed E-state index contributed by atoms with van der Waals surface area (Å²) >= 11 is 0. The molecule has 150 valence electrons. The Kier molecular flexibility index (Phi) is 5.98. The van der Waals surface area contributed by atoms with Crippen LogP contribution >= 0.6 is 0 Å². The molecule has 2 aromatic rings. The van der Waals surface area contributed by atoms with Gasteiger partial charge in [0.25, 0.3) is 5.91 Å². The van der Waals surface area contributed by atoms with Gasteiger partial charge < -0.3 is 9.64 Å². The number of carbonyl (C=O) groups is 1. The van der Waals surface area contributed by atoms with Gasteiger partial charge in [-0.1, -0.05) is 12.1 Å². The van der Waals surface area contributed by atoms with E-state index in [1.54, 1.807) is 19.1 Å². The van der Waals surface area contributed by atoms with Crippen molar-refractivity contribution in [3.63, 3.8) is 0 Å². The van der Waals surface area contributed by atoms with Gasteiger partial charge in [0.2, 0.25) is 0 Å². The van der Waals surface area contributed by atoms with Crippen molar-refractivity contribution in [2.75, 3.05) is 11.5 Å². The molecule has 2 aromatic carbocycles. The molecule has 1 aliphatic heterocycles. The first kappa shape index (κ1) is 20.3. The minimum atomic E-state index is -3.20. The van der Waals surface area contributed by atoms with Gasteiger partial charge in [-0.3, -0.25) is 4.79 Å². The number of sulfone groups is 1. The maximum Gasteiger partial charge on any atom is 0.263 e. The highest BCUT2D eigenvalue weighted by Crippen LogP contribution is 2.22. The Balaban J connectivity index is 1.79. The normalized spacial score (nSPS) is 19.2. The largest absolute Gasteiger partial charge is 0.481 e. The molecule has 1 aliphatic rings. The topological polar surface area (TPSA) is 63.7 Å². The summed E-state index contributed by atoms with van der Waals surface area (Å²) < 4.78 is 55.6. The molecule has 0 spiro atoms. The molecule has 5 nitrogen and oxygen atoms in total. The zero-order valence-corrected chi connectivity index (χ0v) is 16.2. The van der Waals surface area contributed by atoms with Gasteiger partial charge in [-0.25, -0.2) is 17.2 Å². The van der Waals surface area contributed by atoms with Gasteiger partial charge in [-0.2, -0.15) is 0 Å². The van der Waals surface area contributed by atoms with Crippen molar-refractivity contribution in [3.05, 3.63) is 65.7 Å². The molecule has 0 N–H and O–H groups in total. The fourth-order valence-corrected chi connectivity index (χ4v) is 4.93. The fourth-order valence-electron chi connectivity index (χ4n) is 3.20. The Morgan fingerprint density at radius 2 is 1.68 bits per heavy atom. The molecule has 0 aromatic heterocycles. The van der Waals surface area contributed by atoms with Crippen molar-refractivity contribution >= 4 is 15.7 Å². The molecule has 2 atom stereocenters. The van der Waals surface area contributed by atoms with E-state index in [9.17, 15) is 22.0 Å². The first-order chi connectivity index (χ1) is 13.2. The van der Waals surface area contributed by atoms with Crippen LogP contribution in [0.1, 0.15) is 18.9 Å². The number of ether oxygens (including phenoxy) is 1. The van der Waals surface area contributed by atoms with E-state index in [4.69, 9.17) is 4.74 Å². The van der Waals surface area contributed by atoms with Crippen LogP contribution in [0.5, 0.6) is 5.75 Å². The smallest absolute Gasteiger partial charge is 0.263 e. The van der Waals surface area contributed by atoms with E-state index in [1.165, 1.54) is 41.3 Å². The van der Waals surface area contributed by atoms with E-state index in [0.29, 0.717) is 17.7 Å². The molecule has 0 aliphatic carbocycles. The first-order valence-electron chi connectivity index (χ1n) is 8.91. The van der Waals surface area contributed by atoms with E-state index in [1.807, 2.05) is 0 Å². The molecule has 3 rings (SSSR count). The lowest BCUT2D eigenvalue weighted by Crippen LogP contribution is -2.46. The van der Waals surface area contributed by atoms with Crippen LogP contribution in [0, 0.1) is 11.6 Å². The van der Waals surface area contributed by atoms with Crippen LogP contribution in [-0.2, 0) is 21.2 Å². The second kappa shape index (κ2) is 8.26. The van der Waals surface area contributed by atoms with Gasteiger partial charge in [-0.05, 0) is 55.3 Å². The average molecular weight is 409 g/mol. The minimum absolute atomic E-state index is 0.0259. The Morgan fingerprint density at radius 1 is 1.11 bits per heavy atom. The standard InChI is InChI=1S/C20H21F2NO4S/c1-14(27-19-8-6-17(22)7-9-19)20(24)23(18-10-11-28(25,26)13-18)12-15-2-4-16(21)5-3-15/h2-9,14,18H,10-13H2,1H3. The Labute approximate surface area is 162 Å². The van der Waals surface area contributed by atoms with Gasteiger partial charge in [-0.15, -0.1) is 0 Å². The van der Waals surface area contributed by atoms with Crippen molar-refractivity contribution < 1.29 is 26.7 Å². The second-order valence-corrected chi connectivity index (χ2v) is 9.09. The van der Waals surface area contributed by atoms with E-state index in [-0.39, 0.29) is 24.0 Å². The van der Waals surface area contributed by atoms with Gasteiger partial charge in [0.05, 0.1) is 11.5 Å². The Morgan fingerprint density at radius 3 is 2.21 bits per heavy atom. The molecule has 0 radical (unpaired) electrons. The number of rotatable bonds is 6. The molecule has 1 amide bonds. The van der Waals surface area contributed by atoms with Crippen LogP contribution in [0.4, 0.5) is 8.78 Å². The van der Waals surface area contributed by atoms with Crippen molar-refractivity contribution in [2.24, 2.45) is 0 Å². The average Bonchev–Trinajstić information content (AvgIpc) is 3.02. The van der Waals surface area contributed by atoms with Gasteiger partial charge in [0.1, 0.15) is 17.4 Å². The number of nitrogens with zero attached hydrogens (tertiary/aromatic N) is 1. The number of halogens is 2. The first-order valence-corrected chi connectivity index (χ1v) is 10.7.